The van der Waals surface area contributed by atoms with Gasteiger partial charge in [-0.1, -0.05) is 11.6 Å². The largest absolute Gasteiger partial charge is 0.382 e. The van der Waals surface area contributed by atoms with Gasteiger partial charge >= 0.3 is 0 Å². The number of rotatable bonds is 4. The van der Waals surface area contributed by atoms with E-state index >= 15 is 0 Å². The Balaban J connectivity index is 1.37. The van der Waals surface area contributed by atoms with Crippen LogP contribution in [0.2, 0.25) is 5.02 Å². The highest BCUT2D eigenvalue weighted by molar-refractivity contribution is 6.31. The van der Waals surface area contributed by atoms with Crippen LogP contribution in [0.3, 0.4) is 0 Å². The maximum atomic E-state index is 12.3. The fourth-order valence-electron chi connectivity index (χ4n) is 3.71. The van der Waals surface area contributed by atoms with Gasteiger partial charge in [0.05, 0.1) is 5.52 Å². The predicted octanol–water partition coefficient (Wildman–Crippen LogP) is 3.73. The number of pyridine rings is 2. The number of nitrogens with zero attached hydrogens (tertiary/aromatic N) is 1. The highest BCUT2D eigenvalue weighted by atomic mass is 35.5. The highest BCUT2D eigenvalue weighted by Gasteiger charge is 2.23. The fourth-order valence-corrected chi connectivity index (χ4v) is 3.88. The first-order valence-electron chi connectivity index (χ1n) is 9.39. The zero-order valence-corrected chi connectivity index (χ0v) is 16.0. The normalized spacial score (nSPS) is 19.3. The molecule has 2 heterocycles. The Kier molecular flexibility index (Phi) is 5.30. The molecule has 1 aliphatic rings. The van der Waals surface area contributed by atoms with Crippen LogP contribution >= 0.6 is 11.6 Å². The molecule has 0 bridgehead atoms. The van der Waals surface area contributed by atoms with Gasteiger partial charge in [-0.05, 0) is 62.1 Å². The minimum absolute atomic E-state index is 0.0816. The summed E-state index contributed by atoms with van der Waals surface area (Å²) in [6.45, 7) is 0. The van der Waals surface area contributed by atoms with E-state index in [0.717, 1.165) is 42.3 Å². The molecule has 1 amide bonds. The number of benzene rings is 1. The summed E-state index contributed by atoms with van der Waals surface area (Å²) in [5.74, 6) is -0.310. The molecule has 0 unspecified atom stereocenters. The van der Waals surface area contributed by atoms with Crippen LogP contribution in [0.4, 0.5) is 5.69 Å². The molecule has 0 atom stereocenters. The Morgan fingerprint density at radius 1 is 1.11 bits per heavy atom. The summed E-state index contributed by atoms with van der Waals surface area (Å²) in [7, 11) is 0. The summed E-state index contributed by atoms with van der Waals surface area (Å²) in [6, 6.07) is 11.3. The van der Waals surface area contributed by atoms with Crippen molar-refractivity contribution in [3.8, 4) is 0 Å². The molecule has 144 valence electrons. The Morgan fingerprint density at radius 2 is 1.89 bits per heavy atom. The summed E-state index contributed by atoms with van der Waals surface area (Å²) in [6.07, 6.45) is 6.91. The minimum Gasteiger partial charge on any atom is -0.382 e. The molecule has 7 heteroatoms. The van der Waals surface area contributed by atoms with Crippen molar-refractivity contribution in [2.45, 2.75) is 37.8 Å². The quantitative estimate of drug-likeness (QED) is 0.627. The molecule has 1 aromatic carbocycles. The number of nitrogens with one attached hydrogen (secondary N) is 3. The van der Waals surface area contributed by atoms with Crippen molar-refractivity contribution < 1.29 is 4.79 Å². The second kappa shape index (κ2) is 8.02. The van der Waals surface area contributed by atoms with Crippen LogP contribution in [-0.4, -0.2) is 28.0 Å². The van der Waals surface area contributed by atoms with Crippen molar-refractivity contribution in [1.82, 2.24) is 15.3 Å². The van der Waals surface area contributed by atoms with Gasteiger partial charge in [-0.15, -0.1) is 0 Å². The number of H-pyrrole nitrogens is 1. The fraction of sp³-hybridized carbons (Fsp3) is 0.286. The number of carbonyl (C=O) groups is 1. The van der Waals surface area contributed by atoms with E-state index < -0.39 is 0 Å². The summed E-state index contributed by atoms with van der Waals surface area (Å²) >= 11 is 6.06. The van der Waals surface area contributed by atoms with Crippen LogP contribution in [0.1, 0.15) is 36.0 Å². The third-order valence-corrected chi connectivity index (χ3v) is 5.42. The second-order valence-corrected chi connectivity index (χ2v) is 7.54. The lowest BCUT2D eigenvalue weighted by molar-refractivity contribution is 0.0925. The molecule has 0 radical (unpaired) electrons. The molecule has 0 spiro atoms. The monoisotopic (exact) mass is 396 g/mol. The van der Waals surface area contributed by atoms with E-state index in [1.807, 2.05) is 24.3 Å². The standard InChI is InChI=1S/C21H21ClN4O2/c22-13-3-8-16-18(9-11-23-19(16)12-13)25-14-4-6-15(7-5-14)26-21(28)17-2-1-10-24-20(17)27/h1-3,8-12,14-15H,4-7H2,(H,23,25)(H,24,27)(H,26,28). The first-order valence-corrected chi connectivity index (χ1v) is 9.77. The van der Waals surface area contributed by atoms with Gasteiger partial charge in [-0.2, -0.15) is 0 Å². The van der Waals surface area contributed by atoms with Crippen LogP contribution < -0.4 is 16.2 Å². The third-order valence-electron chi connectivity index (χ3n) is 5.19. The predicted molar refractivity (Wildman–Crippen MR) is 111 cm³/mol. The third kappa shape index (κ3) is 4.02. The molecule has 3 N–H and O–H groups in total. The molecule has 3 aromatic rings. The van der Waals surface area contributed by atoms with E-state index in [1.165, 1.54) is 6.20 Å². The number of amides is 1. The van der Waals surface area contributed by atoms with Crippen LogP contribution in [0, 0.1) is 0 Å². The van der Waals surface area contributed by atoms with Gasteiger partial charge in [0, 0.05) is 40.6 Å². The summed E-state index contributed by atoms with van der Waals surface area (Å²) in [5.41, 5.74) is 1.71. The number of halogens is 1. The van der Waals surface area contributed by atoms with Gasteiger partial charge in [0.25, 0.3) is 11.5 Å². The molecule has 4 rings (SSSR count). The van der Waals surface area contributed by atoms with Crippen molar-refractivity contribution in [2.75, 3.05) is 5.32 Å². The van der Waals surface area contributed by atoms with E-state index in [0.29, 0.717) is 11.1 Å². The van der Waals surface area contributed by atoms with Crippen LogP contribution in [-0.2, 0) is 0 Å². The van der Waals surface area contributed by atoms with Gasteiger partial charge in [0.15, 0.2) is 0 Å². The number of anilines is 1. The Labute approximate surface area is 167 Å². The van der Waals surface area contributed by atoms with E-state index in [2.05, 4.69) is 20.6 Å². The molecular weight excluding hydrogens is 376 g/mol. The first kappa shape index (κ1) is 18.5. The molecule has 1 saturated carbocycles. The van der Waals surface area contributed by atoms with E-state index in [1.54, 1.807) is 18.3 Å². The topological polar surface area (TPSA) is 86.9 Å². The minimum atomic E-state index is -0.361. The first-order chi connectivity index (χ1) is 13.6. The molecule has 6 nitrogen and oxygen atoms in total. The number of hydrogen-bond acceptors (Lipinski definition) is 4. The summed E-state index contributed by atoms with van der Waals surface area (Å²) < 4.78 is 0. The highest BCUT2D eigenvalue weighted by Crippen LogP contribution is 2.28. The Hall–Kier alpha value is -2.86. The number of fused-ring (bicyclic) bond motifs is 1. The van der Waals surface area contributed by atoms with Crippen LogP contribution in [0.5, 0.6) is 0 Å². The van der Waals surface area contributed by atoms with Crippen molar-refractivity contribution in [2.24, 2.45) is 0 Å². The zero-order chi connectivity index (χ0) is 19.5. The Morgan fingerprint density at radius 3 is 2.68 bits per heavy atom. The molecule has 0 aliphatic heterocycles. The van der Waals surface area contributed by atoms with E-state index in [-0.39, 0.29) is 23.1 Å². The van der Waals surface area contributed by atoms with Crippen molar-refractivity contribution in [1.29, 1.82) is 0 Å². The Bertz CT molecular complexity index is 1060. The molecule has 28 heavy (non-hydrogen) atoms. The molecule has 2 aromatic heterocycles. The molecule has 1 fully saturated rings. The van der Waals surface area contributed by atoms with Crippen molar-refractivity contribution >= 4 is 34.1 Å². The lowest BCUT2D eigenvalue weighted by Gasteiger charge is -2.30. The van der Waals surface area contributed by atoms with Gasteiger partial charge in [0.1, 0.15) is 5.56 Å². The number of hydrogen-bond donors (Lipinski definition) is 3. The number of aromatic amines is 1. The van der Waals surface area contributed by atoms with Gasteiger partial charge in [-0.3, -0.25) is 14.6 Å². The lowest BCUT2D eigenvalue weighted by Crippen LogP contribution is -2.41. The number of aromatic nitrogens is 2. The molecular formula is C21H21ClN4O2. The SMILES string of the molecule is O=C(NC1CCC(Nc2ccnc3cc(Cl)ccc23)CC1)c1ccc[nH]c1=O. The van der Waals surface area contributed by atoms with Crippen molar-refractivity contribution in [3.05, 3.63) is 69.7 Å². The second-order valence-electron chi connectivity index (χ2n) is 7.10. The average Bonchev–Trinajstić information content (AvgIpc) is 2.69. The smallest absolute Gasteiger partial charge is 0.260 e. The summed E-state index contributed by atoms with van der Waals surface area (Å²) in [4.78, 5) is 31.0. The number of carbonyl (C=O) groups excluding carboxylic acids is 1. The lowest BCUT2D eigenvalue weighted by atomic mass is 9.90. The molecule has 0 saturated heterocycles. The summed E-state index contributed by atoms with van der Waals surface area (Å²) in [5, 5.41) is 8.31. The zero-order valence-electron chi connectivity index (χ0n) is 15.2. The van der Waals surface area contributed by atoms with Crippen LogP contribution in [0.25, 0.3) is 10.9 Å². The van der Waals surface area contributed by atoms with Gasteiger partial charge in [0.2, 0.25) is 0 Å². The molecule has 1 aliphatic carbocycles. The maximum absolute atomic E-state index is 12.3. The van der Waals surface area contributed by atoms with Gasteiger partial charge in [-0.25, -0.2) is 0 Å². The van der Waals surface area contributed by atoms with Crippen molar-refractivity contribution in [3.63, 3.8) is 0 Å². The van der Waals surface area contributed by atoms with Gasteiger partial charge < -0.3 is 15.6 Å². The average molecular weight is 397 g/mol. The van der Waals surface area contributed by atoms with E-state index in [9.17, 15) is 9.59 Å². The maximum Gasteiger partial charge on any atom is 0.260 e. The van der Waals surface area contributed by atoms with E-state index in [4.69, 9.17) is 11.6 Å². The van der Waals surface area contributed by atoms with Crippen LogP contribution in [0.15, 0.2) is 53.6 Å².